The van der Waals surface area contributed by atoms with Crippen LogP contribution in [-0.2, 0) is 4.79 Å². The highest BCUT2D eigenvalue weighted by Crippen LogP contribution is 2.20. The van der Waals surface area contributed by atoms with Crippen LogP contribution in [0.4, 0.5) is 5.82 Å². The molecular weight excluding hydrogens is 420 g/mol. The summed E-state index contributed by atoms with van der Waals surface area (Å²) in [5.41, 5.74) is 3.23. The van der Waals surface area contributed by atoms with Crippen LogP contribution in [0.15, 0.2) is 42.6 Å². The number of nitrogens with zero attached hydrogens (tertiary/aromatic N) is 1. The largest absolute Gasteiger partial charge is 0.391 e. The van der Waals surface area contributed by atoms with Crippen LogP contribution in [-0.4, -0.2) is 45.3 Å². The van der Waals surface area contributed by atoms with Crippen LogP contribution in [0.1, 0.15) is 67.9 Å². The Morgan fingerprint density at radius 3 is 2.24 bits per heavy atom. The first-order chi connectivity index (χ1) is 15.5. The second kappa shape index (κ2) is 12.6. The Morgan fingerprint density at radius 2 is 1.67 bits per heavy atom. The maximum atomic E-state index is 12.3. The number of anilines is 1. The number of aliphatic hydroxyl groups is 1. The molecule has 1 fully saturated rings. The molecule has 0 saturated heterocycles. The van der Waals surface area contributed by atoms with Crippen molar-refractivity contribution in [2.24, 2.45) is 0 Å². The van der Waals surface area contributed by atoms with Gasteiger partial charge in [0.25, 0.3) is 11.8 Å². The van der Waals surface area contributed by atoms with Gasteiger partial charge in [-0.15, -0.1) is 0 Å². The molecule has 176 valence electrons. The van der Waals surface area contributed by atoms with E-state index in [1.807, 2.05) is 12.1 Å². The summed E-state index contributed by atoms with van der Waals surface area (Å²) in [5.74, 6) is 5.50. The van der Waals surface area contributed by atoms with E-state index in [4.69, 9.17) is 5.21 Å². The van der Waals surface area contributed by atoms with E-state index >= 15 is 0 Å². The molecule has 2 atom stereocenters. The lowest BCUT2D eigenvalue weighted by Crippen LogP contribution is -2.51. The zero-order chi connectivity index (χ0) is 22.9. The minimum atomic E-state index is -1.27. The van der Waals surface area contributed by atoms with Crippen molar-refractivity contribution in [3.63, 3.8) is 0 Å². The quantitative estimate of drug-likeness (QED) is 0.261. The molecule has 8 heteroatoms. The van der Waals surface area contributed by atoms with Crippen LogP contribution in [0.3, 0.4) is 0 Å². The summed E-state index contributed by atoms with van der Waals surface area (Å²) in [6, 6.07) is 9.63. The number of hydroxylamine groups is 1. The predicted octanol–water partition coefficient (Wildman–Crippen LogP) is 2.85. The van der Waals surface area contributed by atoms with Gasteiger partial charge in [-0.25, -0.2) is 10.5 Å². The number of benzene rings is 1. The molecule has 5 N–H and O–H groups in total. The molecule has 0 aliphatic heterocycles. The topological polar surface area (TPSA) is 124 Å². The Balaban J connectivity index is 0.00000385. The third-order valence-electron chi connectivity index (χ3n) is 5.38. The minimum absolute atomic E-state index is 0. The molecular formula is C25H32N4O4. The third-order valence-corrected chi connectivity index (χ3v) is 5.38. The number of carbonyl (C=O) groups is 2. The minimum Gasteiger partial charge on any atom is -0.391 e. The van der Waals surface area contributed by atoms with E-state index in [0.717, 1.165) is 11.4 Å². The molecule has 1 aliphatic carbocycles. The first-order valence-corrected chi connectivity index (χ1v) is 10.7. The lowest BCUT2D eigenvalue weighted by molar-refractivity contribution is -0.133. The van der Waals surface area contributed by atoms with Crippen molar-refractivity contribution in [1.29, 1.82) is 0 Å². The Labute approximate surface area is 194 Å². The Hall–Kier alpha value is -3.41. The Morgan fingerprint density at radius 1 is 1.03 bits per heavy atom. The van der Waals surface area contributed by atoms with Gasteiger partial charge in [0, 0.05) is 28.9 Å². The van der Waals surface area contributed by atoms with E-state index in [0.29, 0.717) is 17.2 Å². The summed E-state index contributed by atoms with van der Waals surface area (Å²) in [7, 11) is 0. The number of hydrogen-bond donors (Lipinski definition) is 5. The van der Waals surface area contributed by atoms with E-state index in [1.54, 1.807) is 30.5 Å². The molecule has 0 unspecified atom stereocenters. The summed E-state index contributed by atoms with van der Waals surface area (Å²) in [6.07, 6.45) is 6.78. The van der Waals surface area contributed by atoms with E-state index < -0.39 is 24.0 Å². The van der Waals surface area contributed by atoms with E-state index in [1.165, 1.54) is 44.5 Å². The summed E-state index contributed by atoms with van der Waals surface area (Å²) >= 11 is 0. The molecule has 1 aromatic heterocycles. The lowest BCUT2D eigenvalue weighted by atomic mass is 9.95. The second-order valence-electron chi connectivity index (χ2n) is 7.91. The molecule has 33 heavy (non-hydrogen) atoms. The number of rotatable bonds is 6. The summed E-state index contributed by atoms with van der Waals surface area (Å²) in [6.45, 7) is 1.34. The molecule has 8 nitrogen and oxygen atoms in total. The number of hydrogen-bond acceptors (Lipinski definition) is 6. The van der Waals surface area contributed by atoms with Gasteiger partial charge >= 0.3 is 0 Å². The summed E-state index contributed by atoms with van der Waals surface area (Å²) < 4.78 is 0. The summed E-state index contributed by atoms with van der Waals surface area (Å²) in [5, 5.41) is 24.2. The van der Waals surface area contributed by atoms with Crippen molar-refractivity contribution in [1.82, 2.24) is 15.8 Å². The van der Waals surface area contributed by atoms with Crippen molar-refractivity contribution in [3.8, 4) is 11.8 Å². The van der Waals surface area contributed by atoms with Crippen LogP contribution >= 0.6 is 0 Å². The molecule has 1 saturated carbocycles. The van der Waals surface area contributed by atoms with Crippen molar-refractivity contribution in [3.05, 3.63) is 59.3 Å². The van der Waals surface area contributed by atoms with Crippen molar-refractivity contribution >= 4 is 17.6 Å². The number of aliphatic hydroxyl groups excluding tert-OH is 1. The highest BCUT2D eigenvalue weighted by atomic mass is 16.5. The lowest BCUT2D eigenvalue weighted by Gasteiger charge is -2.23. The zero-order valence-electron chi connectivity index (χ0n) is 18.0. The van der Waals surface area contributed by atoms with Gasteiger partial charge < -0.3 is 15.7 Å². The number of aromatic nitrogens is 1. The molecule has 2 amide bonds. The fourth-order valence-electron chi connectivity index (χ4n) is 3.56. The molecule has 0 spiro atoms. The Bertz CT molecular complexity index is 972. The predicted molar refractivity (Wildman–Crippen MR) is 127 cm³/mol. The highest BCUT2D eigenvalue weighted by Gasteiger charge is 2.25. The Kier molecular flexibility index (Phi) is 9.85. The summed E-state index contributed by atoms with van der Waals surface area (Å²) in [4.78, 5) is 28.3. The second-order valence-corrected chi connectivity index (χ2v) is 7.91. The van der Waals surface area contributed by atoms with Gasteiger partial charge in [0.05, 0.1) is 6.10 Å². The average molecular weight is 453 g/mol. The van der Waals surface area contributed by atoms with E-state index in [2.05, 4.69) is 27.5 Å². The van der Waals surface area contributed by atoms with Gasteiger partial charge in [-0.05, 0) is 56.2 Å². The van der Waals surface area contributed by atoms with Crippen LogP contribution in [0, 0.1) is 11.8 Å². The molecule has 1 heterocycles. The van der Waals surface area contributed by atoms with Crippen LogP contribution < -0.4 is 16.1 Å². The van der Waals surface area contributed by atoms with Crippen LogP contribution in [0.25, 0.3) is 0 Å². The normalized spacial score (nSPS) is 15.1. The highest BCUT2D eigenvalue weighted by molar-refractivity contribution is 5.97. The van der Waals surface area contributed by atoms with Gasteiger partial charge in [-0.2, -0.15) is 0 Å². The van der Waals surface area contributed by atoms with Gasteiger partial charge in [-0.3, -0.25) is 14.8 Å². The van der Waals surface area contributed by atoms with Crippen molar-refractivity contribution < 1.29 is 19.9 Å². The van der Waals surface area contributed by atoms with Gasteiger partial charge in [0.2, 0.25) is 0 Å². The van der Waals surface area contributed by atoms with E-state index in [-0.39, 0.29) is 7.43 Å². The molecule has 0 radical (unpaired) electrons. The van der Waals surface area contributed by atoms with Gasteiger partial charge in [0.1, 0.15) is 11.9 Å². The number of carbonyl (C=O) groups excluding carboxylic acids is 2. The number of amides is 2. The fourth-order valence-corrected chi connectivity index (χ4v) is 3.56. The third kappa shape index (κ3) is 7.59. The number of nitrogens with one attached hydrogen (secondary N) is 3. The maximum Gasteiger partial charge on any atom is 0.268 e. The maximum absolute atomic E-state index is 12.3. The molecule has 1 aromatic carbocycles. The SMILES string of the molecule is C.C[C@@H](O)[C@H](NC(=O)c1ccc(C#Cc2ccc(NC3CCCCC3)nc2)cc1)C(=O)NO. The monoisotopic (exact) mass is 452 g/mol. The molecule has 3 rings (SSSR count). The standard InChI is InChI=1S/C24H28N4O4.CH4/c1-16(29)22(24(31)28-32)27-23(30)19-12-9-17(10-13-19)7-8-18-11-14-21(25-15-18)26-20-5-3-2-4-6-20;/h9-16,20,22,29,32H,2-6H2,1H3,(H,25,26)(H,27,30)(H,28,31);1H4/t16-,22+;/m1./s1. The smallest absolute Gasteiger partial charge is 0.268 e. The fraction of sp³-hybridized carbons (Fsp3) is 0.400. The first kappa shape index (κ1) is 25.8. The van der Waals surface area contributed by atoms with Crippen LogP contribution in [0.2, 0.25) is 0 Å². The average Bonchev–Trinajstić information content (AvgIpc) is 2.82. The van der Waals surface area contributed by atoms with Gasteiger partial charge in [-0.1, -0.05) is 38.5 Å². The van der Waals surface area contributed by atoms with Crippen LogP contribution in [0.5, 0.6) is 0 Å². The van der Waals surface area contributed by atoms with Crippen molar-refractivity contribution in [2.75, 3.05) is 5.32 Å². The zero-order valence-corrected chi connectivity index (χ0v) is 18.0. The molecule has 0 bridgehead atoms. The van der Waals surface area contributed by atoms with E-state index in [9.17, 15) is 14.7 Å². The van der Waals surface area contributed by atoms with Gasteiger partial charge in [0.15, 0.2) is 0 Å². The molecule has 1 aliphatic rings. The molecule has 2 aromatic rings. The van der Waals surface area contributed by atoms with Crippen molar-refractivity contribution in [2.45, 2.75) is 64.6 Å². The number of pyridine rings is 1. The first-order valence-electron chi connectivity index (χ1n) is 10.7.